The fourth-order valence-electron chi connectivity index (χ4n) is 4.40. The Morgan fingerprint density at radius 2 is 1.61 bits per heavy atom. The zero-order valence-electron chi connectivity index (χ0n) is 18.0. The van der Waals surface area contributed by atoms with E-state index in [9.17, 15) is 14.7 Å². The molecule has 2 heterocycles. The van der Waals surface area contributed by atoms with Crippen molar-refractivity contribution in [2.75, 3.05) is 13.1 Å². The average Bonchev–Trinajstić information content (AvgIpc) is 3.08. The number of phenols is 1. The highest BCUT2D eigenvalue weighted by atomic mass is 16.3. The molecule has 0 atom stereocenters. The molecule has 4 rings (SSSR count). The first-order valence-corrected chi connectivity index (χ1v) is 10.8. The topological polar surface area (TPSA) is 62.5 Å². The second-order valence-corrected chi connectivity index (χ2v) is 8.33. The molecule has 5 heteroatoms. The van der Waals surface area contributed by atoms with Crippen molar-refractivity contribution >= 4 is 11.7 Å². The van der Waals surface area contributed by atoms with Gasteiger partial charge in [-0.25, -0.2) is 0 Å². The monoisotopic (exact) mass is 416 g/mol. The summed E-state index contributed by atoms with van der Waals surface area (Å²) in [5.41, 5.74) is 4.62. The van der Waals surface area contributed by atoms with E-state index >= 15 is 0 Å². The number of aromatic nitrogens is 1. The van der Waals surface area contributed by atoms with E-state index in [4.69, 9.17) is 0 Å². The van der Waals surface area contributed by atoms with E-state index in [-0.39, 0.29) is 23.4 Å². The van der Waals surface area contributed by atoms with Crippen molar-refractivity contribution in [3.63, 3.8) is 0 Å². The van der Waals surface area contributed by atoms with Gasteiger partial charge in [-0.15, -0.1) is 0 Å². The van der Waals surface area contributed by atoms with E-state index in [0.29, 0.717) is 31.5 Å². The Balaban J connectivity index is 1.42. The number of carbonyl (C=O) groups excluding carboxylic acids is 2. The number of aryl methyl sites for hydroxylation is 1. The number of nitrogens with zero attached hydrogens (tertiary/aromatic N) is 2. The van der Waals surface area contributed by atoms with Gasteiger partial charge < -0.3 is 14.6 Å². The second kappa shape index (κ2) is 8.80. The van der Waals surface area contributed by atoms with Crippen molar-refractivity contribution in [2.45, 2.75) is 33.2 Å². The molecule has 0 bridgehead atoms. The van der Waals surface area contributed by atoms with Crippen LogP contribution in [0, 0.1) is 19.8 Å². The van der Waals surface area contributed by atoms with E-state index in [1.807, 2.05) is 43.0 Å². The summed E-state index contributed by atoms with van der Waals surface area (Å²) in [6, 6.07) is 18.6. The van der Waals surface area contributed by atoms with Gasteiger partial charge in [-0.05, 0) is 62.6 Å². The van der Waals surface area contributed by atoms with Crippen LogP contribution >= 0.6 is 0 Å². The van der Waals surface area contributed by atoms with Gasteiger partial charge in [0.05, 0.1) is 5.56 Å². The molecule has 0 saturated carbocycles. The maximum Gasteiger partial charge on any atom is 0.255 e. The first-order valence-electron chi connectivity index (χ1n) is 10.8. The van der Waals surface area contributed by atoms with Crippen LogP contribution in [-0.2, 0) is 6.54 Å². The lowest BCUT2D eigenvalue weighted by Gasteiger charge is -2.31. The first kappa shape index (κ1) is 20.9. The highest BCUT2D eigenvalue weighted by Gasteiger charge is 2.29. The smallest absolute Gasteiger partial charge is 0.255 e. The molecule has 0 spiro atoms. The standard InChI is InChI=1S/C26H28N2O3/c1-18-16-24(19(2)28(18)17-20-6-4-3-5-7-20)26(31)27-14-12-22(13-15-27)25(30)21-8-10-23(29)11-9-21/h3-11,16,22,29H,12-15,17H2,1-2H3. The van der Waals surface area contributed by atoms with Gasteiger partial charge in [0.1, 0.15) is 5.75 Å². The summed E-state index contributed by atoms with van der Waals surface area (Å²) in [7, 11) is 0. The predicted molar refractivity (Wildman–Crippen MR) is 121 cm³/mol. The number of carbonyl (C=O) groups is 2. The van der Waals surface area contributed by atoms with Crippen molar-refractivity contribution in [3.8, 4) is 5.75 Å². The number of piperidine rings is 1. The first-order chi connectivity index (χ1) is 14.9. The Kier molecular flexibility index (Phi) is 5.94. The largest absolute Gasteiger partial charge is 0.508 e. The molecule has 1 amide bonds. The van der Waals surface area contributed by atoms with Gasteiger partial charge in [0, 0.05) is 42.5 Å². The molecule has 1 aromatic heterocycles. The number of hydrogen-bond acceptors (Lipinski definition) is 3. The molecule has 1 N–H and O–H groups in total. The number of Topliss-reactive ketones (excluding diaryl/α,β-unsaturated/α-hetero) is 1. The zero-order valence-corrected chi connectivity index (χ0v) is 18.0. The maximum atomic E-state index is 13.2. The summed E-state index contributed by atoms with van der Waals surface area (Å²) in [6.45, 7) is 5.94. The molecule has 5 nitrogen and oxygen atoms in total. The van der Waals surface area contributed by atoms with Crippen molar-refractivity contribution in [2.24, 2.45) is 5.92 Å². The van der Waals surface area contributed by atoms with Crippen molar-refractivity contribution in [1.82, 2.24) is 9.47 Å². The zero-order chi connectivity index (χ0) is 22.0. The van der Waals surface area contributed by atoms with Gasteiger partial charge in [-0.1, -0.05) is 30.3 Å². The average molecular weight is 417 g/mol. The molecule has 1 fully saturated rings. The normalized spacial score (nSPS) is 14.6. The minimum atomic E-state index is -0.0842. The lowest BCUT2D eigenvalue weighted by Crippen LogP contribution is -2.40. The van der Waals surface area contributed by atoms with Gasteiger partial charge in [-0.2, -0.15) is 0 Å². The lowest BCUT2D eigenvalue weighted by molar-refractivity contribution is 0.0649. The minimum absolute atomic E-state index is 0.0444. The molecule has 1 aliphatic rings. The summed E-state index contributed by atoms with van der Waals surface area (Å²) in [5.74, 6) is 0.206. The molecule has 1 aliphatic heterocycles. The van der Waals surface area contributed by atoms with Gasteiger partial charge in [0.2, 0.25) is 0 Å². The number of phenolic OH excluding ortho intramolecular Hbond substituents is 1. The summed E-state index contributed by atoms with van der Waals surface area (Å²) >= 11 is 0. The molecule has 31 heavy (non-hydrogen) atoms. The highest BCUT2D eigenvalue weighted by Crippen LogP contribution is 2.25. The molecular weight excluding hydrogens is 388 g/mol. The Morgan fingerprint density at radius 3 is 2.26 bits per heavy atom. The minimum Gasteiger partial charge on any atom is -0.508 e. The predicted octanol–water partition coefficient (Wildman–Crippen LogP) is 4.59. The Hall–Kier alpha value is -3.34. The number of amides is 1. The third-order valence-corrected chi connectivity index (χ3v) is 6.29. The van der Waals surface area contributed by atoms with Crippen LogP contribution in [0.1, 0.15) is 50.5 Å². The van der Waals surface area contributed by atoms with Crippen LogP contribution < -0.4 is 0 Å². The van der Waals surface area contributed by atoms with Crippen LogP contribution in [0.15, 0.2) is 60.7 Å². The van der Waals surface area contributed by atoms with Crippen molar-refractivity contribution in [3.05, 3.63) is 88.7 Å². The highest BCUT2D eigenvalue weighted by molar-refractivity contribution is 5.99. The Labute approximate surface area is 182 Å². The molecule has 0 aliphatic carbocycles. The van der Waals surface area contributed by atoms with Crippen molar-refractivity contribution in [1.29, 1.82) is 0 Å². The van der Waals surface area contributed by atoms with Crippen LogP contribution in [0.4, 0.5) is 0 Å². The number of aromatic hydroxyl groups is 1. The summed E-state index contributed by atoms with van der Waals surface area (Å²) in [4.78, 5) is 27.8. The number of likely N-dealkylation sites (tertiary alicyclic amines) is 1. The summed E-state index contributed by atoms with van der Waals surface area (Å²) in [5, 5.41) is 9.42. The van der Waals surface area contributed by atoms with E-state index < -0.39 is 0 Å². The number of ketones is 1. The Bertz CT molecular complexity index is 1080. The van der Waals surface area contributed by atoms with Gasteiger partial charge >= 0.3 is 0 Å². The van der Waals surface area contributed by atoms with Crippen LogP contribution in [0.2, 0.25) is 0 Å². The number of hydrogen-bond donors (Lipinski definition) is 1. The molecule has 1 saturated heterocycles. The van der Waals surface area contributed by atoms with Gasteiger partial charge in [0.15, 0.2) is 5.78 Å². The maximum absolute atomic E-state index is 13.2. The summed E-state index contributed by atoms with van der Waals surface area (Å²) < 4.78 is 2.18. The molecule has 0 unspecified atom stereocenters. The second-order valence-electron chi connectivity index (χ2n) is 8.33. The van der Waals surface area contributed by atoms with Crippen LogP contribution in [0.5, 0.6) is 5.75 Å². The quantitative estimate of drug-likeness (QED) is 0.619. The third kappa shape index (κ3) is 4.41. The van der Waals surface area contributed by atoms with E-state index in [1.54, 1.807) is 12.1 Å². The molecular formula is C26H28N2O3. The van der Waals surface area contributed by atoms with Gasteiger partial charge in [-0.3, -0.25) is 9.59 Å². The van der Waals surface area contributed by atoms with Crippen molar-refractivity contribution < 1.29 is 14.7 Å². The lowest BCUT2D eigenvalue weighted by atomic mass is 9.88. The van der Waals surface area contributed by atoms with E-state index in [1.165, 1.54) is 17.7 Å². The summed E-state index contributed by atoms with van der Waals surface area (Å²) in [6.07, 6.45) is 1.32. The van der Waals surface area contributed by atoms with E-state index in [2.05, 4.69) is 16.7 Å². The van der Waals surface area contributed by atoms with Crippen LogP contribution in [-0.4, -0.2) is 39.4 Å². The molecule has 160 valence electrons. The third-order valence-electron chi connectivity index (χ3n) is 6.29. The fourth-order valence-corrected chi connectivity index (χ4v) is 4.40. The fraction of sp³-hybridized carbons (Fsp3) is 0.308. The molecule has 3 aromatic rings. The molecule has 2 aromatic carbocycles. The van der Waals surface area contributed by atoms with Crippen LogP contribution in [0.3, 0.4) is 0 Å². The van der Waals surface area contributed by atoms with E-state index in [0.717, 1.165) is 23.5 Å². The Morgan fingerprint density at radius 1 is 0.968 bits per heavy atom. The number of benzene rings is 2. The SMILES string of the molecule is Cc1cc(C(=O)N2CCC(C(=O)c3ccc(O)cc3)CC2)c(C)n1Cc1ccccc1. The van der Waals surface area contributed by atoms with Gasteiger partial charge in [0.25, 0.3) is 5.91 Å². The van der Waals surface area contributed by atoms with Crippen LogP contribution in [0.25, 0.3) is 0 Å². The number of rotatable bonds is 5. The molecule has 0 radical (unpaired) electrons.